The molecule has 0 aliphatic carbocycles. The maximum atomic E-state index is 12.1. The molecule has 19 heavy (non-hydrogen) atoms. The molecule has 106 valence electrons. The zero-order valence-corrected chi connectivity index (χ0v) is 12.1. The molecule has 1 saturated heterocycles. The molecule has 0 saturated carbocycles. The summed E-state index contributed by atoms with van der Waals surface area (Å²) in [6.07, 6.45) is 1.95. The molecular formula is C14H23N3O2. The third-order valence-electron chi connectivity index (χ3n) is 3.39. The summed E-state index contributed by atoms with van der Waals surface area (Å²) in [6.45, 7) is 8.88. The highest BCUT2D eigenvalue weighted by Crippen LogP contribution is 2.33. The molecule has 1 aliphatic rings. The predicted octanol–water partition coefficient (Wildman–Crippen LogP) is 3.05. The maximum absolute atomic E-state index is 12.1. The average molecular weight is 265 g/mol. The van der Waals surface area contributed by atoms with Crippen LogP contribution in [0.15, 0.2) is 10.6 Å². The Morgan fingerprint density at radius 2 is 2.21 bits per heavy atom. The first kappa shape index (κ1) is 13.9. The van der Waals surface area contributed by atoms with Gasteiger partial charge in [0.25, 0.3) is 0 Å². The van der Waals surface area contributed by atoms with E-state index in [1.165, 1.54) is 0 Å². The molecule has 1 N–H and O–H groups in total. The van der Waals surface area contributed by atoms with Gasteiger partial charge in [-0.1, -0.05) is 19.0 Å². The Balaban J connectivity index is 2.11. The number of nitrogens with one attached hydrogen (secondary N) is 1. The van der Waals surface area contributed by atoms with Gasteiger partial charge in [-0.25, -0.2) is 4.79 Å². The molecule has 0 unspecified atom stereocenters. The Bertz CT molecular complexity index is 440. The summed E-state index contributed by atoms with van der Waals surface area (Å²) in [5.41, 5.74) is 0.950. The number of carbonyl (C=O) groups is 1. The van der Waals surface area contributed by atoms with Crippen LogP contribution in [0.5, 0.6) is 0 Å². The van der Waals surface area contributed by atoms with Crippen molar-refractivity contribution in [2.45, 2.75) is 58.5 Å². The van der Waals surface area contributed by atoms with Crippen LogP contribution in [-0.4, -0.2) is 28.7 Å². The van der Waals surface area contributed by atoms with Crippen LogP contribution in [-0.2, 0) is 0 Å². The molecule has 1 aromatic heterocycles. The molecule has 0 spiro atoms. The van der Waals surface area contributed by atoms with Gasteiger partial charge in [-0.3, -0.25) is 0 Å². The Morgan fingerprint density at radius 3 is 2.79 bits per heavy atom. The second-order valence-corrected chi connectivity index (χ2v) is 5.76. The van der Waals surface area contributed by atoms with Crippen LogP contribution >= 0.6 is 0 Å². The molecule has 2 heterocycles. The van der Waals surface area contributed by atoms with E-state index in [1.54, 1.807) is 0 Å². The van der Waals surface area contributed by atoms with Crippen LogP contribution in [0.3, 0.4) is 0 Å². The fourth-order valence-corrected chi connectivity index (χ4v) is 2.37. The quantitative estimate of drug-likeness (QED) is 0.913. The lowest BCUT2D eigenvalue weighted by molar-refractivity contribution is 0.180. The van der Waals surface area contributed by atoms with E-state index < -0.39 is 0 Å². The van der Waals surface area contributed by atoms with Gasteiger partial charge >= 0.3 is 6.03 Å². The first-order valence-electron chi connectivity index (χ1n) is 7.02. The van der Waals surface area contributed by atoms with Crippen molar-refractivity contribution in [3.8, 4) is 0 Å². The van der Waals surface area contributed by atoms with Crippen LogP contribution in [0.25, 0.3) is 0 Å². The van der Waals surface area contributed by atoms with Gasteiger partial charge in [0.2, 0.25) is 0 Å². The standard InChI is InChI=1S/C14H23N3O2/c1-9(2)11-8-13(19-16-11)12-6-5-7-17(12)14(18)15-10(3)4/h8-10,12H,5-7H2,1-4H3,(H,15,18)/t12-/m0/s1. The van der Waals surface area contributed by atoms with Gasteiger partial charge in [0.15, 0.2) is 5.76 Å². The highest BCUT2D eigenvalue weighted by Gasteiger charge is 2.33. The van der Waals surface area contributed by atoms with Gasteiger partial charge < -0.3 is 14.7 Å². The zero-order chi connectivity index (χ0) is 14.0. The van der Waals surface area contributed by atoms with Crippen molar-refractivity contribution in [3.63, 3.8) is 0 Å². The van der Waals surface area contributed by atoms with E-state index in [1.807, 2.05) is 24.8 Å². The van der Waals surface area contributed by atoms with Crippen LogP contribution < -0.4 is 5.32 Å². The molecule has 5 heteroatoms. The summed E-state index contributed by atoms with van der Waals surface area (Å²) >= 11 is 0. The van der Waals surface area contributed by atoms with Crippen molar-refractivity contribution < 1.29 is 9.32 Å². The maximum Gasteiger partial charge on any atom is 0.318 e. The Morgan fingerprint density at radius 1 is 1.47 bits per heavy atom. The number of carbonyl (C=O) groups excluding carboxylic acids is 1. The SMILES string of the molecule is CC(C)NC(=O)N1CCC[C@H]1c1cc(C(C)C)no1. The molecular weight excluding hydrogens is 242 g/mol. The van der Waals surface area contributed by atoms with Crippen molar-refractivity contribution in [3.05, 3.63) is 17.5 Å². The number of urea groups is 1. The number of aromatic nitrogens is 1. The smallest absolute Gasteiger partial charge is 0.318 e. The lowest BCUT2D eigenvalue weighted by Crippen LogP contribution is -2.42. The second kappa shape index (κ2) is 5.63. The van der Waals surface area contributed by atoms with Gasteiger partial charge in [0.05, 0.1) is 11.7 Å². The topological polar surface area (TPSA) is 58.4 Å². The van der Waals surface area contributed by atoms with Gasteiger partial charge in [-0.05, 0) is 32.6 Å². The van der Waals surface area contributed by atoms with Crippen molar-refractivity contribution in [1.29, 1.82) is 0 Å². The van der Waals surface area contributed by atoms with Crippen molar-refractivity contribution in [2.75, 3.05) is 6.54 Å². The van der Waals surface area contributed by atoms with Crippen LogP contribution in [0.1, 0.15) is 64.0 Å². The van der Waals surface area contributed by atoms with Gasteiger partial charge in [-0.2, -0.15) is 0 Å². The number of nitrogens with zero attached hydrogens (tertiary/aromatic N) is 2. The summed E-state index contributed by atoms with van der Waals surface area (Å²) in [5.74, 6) is 1.15. The minimum absolute atomic E-state index is 0.0139. The van der Waals surface area contributed by atoms with Crippen LogP contribution in [0.4, 0.5) is 4.79 Å². The molecule has 2 amide bonds. The van der Waals surface area contributed by atoms with E-state index in [4.69, 9.17) is 4.52 Å². The highest BCUT2D eigenvalue weighted by atomic mass is 16.5. The molecule has 1 aliphatic heterocycles. The Labute approximate surface area is 114 Å². The zero-order valence-electron chi connectivity index (χ0n) is 12.1. The summed E-state index contributed by atoms with van der Waals surface area (Å²) < 4.78 is 5.42. The first-order valence-corrected chi connectivity index (χ1v) is 7.02. The van der Waals surface area contributed by atoms with E-state index in [0.717, 1.165) is 30.8 Å². The molecule has 1 fully saturated rings. The fourth-order valence-electron chi connectivity index (χ4n) is 2.37. The first-order chi connectivity index (χ1) is 8.99. The molecule has 2 rings (SSSR count). The minimum atomic E-state index is -0.0139. The van der Waals surface area contributed by atoms with Crippen molar-refractivity contribution in [1.82, 2.24) is 15.4 Å². The minimum Gasteiger partial charge on any atom is -0.359 e. The molecule has 5 nitrogen and oxygen atoms in total. The molecule has 0 radical (unpaired) electrons. The monoisotopic (exact) mass is 265 g/mol. The third kappa shape index (κ3) is 3.08. The fraction of sp³-hybridized carbons (Fsp3) is 0.714. The second-order valence-electron chi connectivity index (χ2n) is 5.76. The molecule has 0 aromatic carbocycles. The van der Waals surface area contributed by atoms with Crippen molar-refractivity contribution in [2.24, 2.45) is 0 Å². The largest absolute Gasteiger partial charge is 0.359 e. The van der Waals surface area contributed by atoms with E-state index in [2.05, 4.69) is 24.3 Å². The number of likely N-dealkylation sites (tertiary alicyclic amines) is 1. The number of hydrogen-bond acceptors (Lipinski definition) is 3. The highest BCUT2D eigenvalue weighted by molar-refractivity contribution is 5.75. The number of hydrogen-bond donors (Lipinski definition) is 1. The lowest BCUT2D eigenvalue weighted by atomic mass is 10.1. The van der Waals surface area contributed by atoms with Gasteiger partial charge in [0.1, 0.15) is 0 Å². The van der Waals surface area contributed by atoms with E-state index in [-0.39, 0.29) is 18.1 Å². The third-order valence-corrected chi connectivity index (χ3v) is 3.39. The van der Waals surface area contributed by atoms with Gasteiger partial charge in [-0.15, -0.1) is 0 Å². The lowest BCUT2D eigenvalue weighted by Gasteiger charge is -2.24. The normalized spacial score (nSPS) is 19.5. The van der Waals surface area contributed by atoms with Gasteiger partial charge in [0, 0.05) is 18.7 Å². The van der Waals surface area contributed by atoms with E-state index in [9.17, 15) is 4.79 Å². The van der Waals surface area contributed by atoms with Crippen molar-refractivity contribution >= 4 is 6.03 Å². The number of rotatable bonds is 3. The van der Waals surface area contributed by atoms with Crippen LogP contribution in [0, 0.1) is 0 Å². The average Bonchev–Trinajstić information content (AvgIpc) is 2.96. The summed E-state index contributed by atoms with van der Waals surface area (Å²) in [7, 11) is 0. The summed E-state index contributed by atoms with van der Waals surface area (Å²) in [4.78, 5) is 14.0. The summed E-state index contributed by atoms with van der Waals surface area (Å²) in [5, 5.41) is 7.02. The van der Waals surface area contributed by atoms with E-state index in [0.29, 0.717) is 5.92 Å². The Kier molecular flexibility index (Phi) is 4.12. The predicted molar refractivity (Wildman–Crippen MR) is 72.9 cm³/mol. The summed E-state index contributed by atoms with van der Waals surface area (Å²) in [6, 6.07) is 2.14. The Hall–Kier alpha value is -1.52. The molecule has 1 aromatic rings. The van der Waals surface area contributed by atoms with E-state index >= 15 is 0 Å². The molecule has 1 atom stereocenters. The molecule has 0 bridgehead atoms. The van der Waals surface area contributed by atoms with Crippen LogP contribution in [0.2, 0.25) is 0 Å². The number of amides is 2.